The van der Waals surface area contributed by atoms with Crippen LogP contribution in [0.4, 0.5) is 0 Å². The van der Waals surface area contributed by atoms with Crippen LogP contribution in [0.15, 0.2) is 121 Å². The third kappa shape index (κ3) is 4.84. The number of nitrogens with one attached hydrogen (secondary N) is 1. The lowest BCUT2D eigenvalue weighted by Gasteiger charge is -2.26. The number of amides is 1. The highest BCUT2D eigenvalue weighted by molar-refractivity contribution is 7.78. The van der Waals surface area contributed by atoms with Gasteiger partial charge in [-0.25, -0.2) is 0 Å². The summed E-state index contributed by atoms with van der Waals surface area (Å²) in [5.74, 6) is -0.179. The molecule has 31 heavy (non-hydrogen) atoms. The van der Waals surface area contributed by atoms with Crippen LogP contribution in [0.25, 0.3) is 0 Å². The van der Waals surface area contributed by atoms with Gasteiger partial charge < -0.3 is 9.88 Å². The first-order chi connectivity index (χ1) is 15.2. The standard InChI is InChI=1S/C27H24NO2P/c29-27(23-15-7-2-8-16-23)28-26(22-13-5-1-6-14-22)21-31(30,24-17-9-3-10-18-24)25-19-11-4-12-20-25/h1-20,26H,21H2,(H,28,29). The summed E-state index contributed by atoms with van der Waals surface area (Å²) in [7, 11) is -3.01. The summed E-state index contributed by atoms with van der Waals surface area (Å²) in [6.45, 7) is 0. The molecule has 1 amide bonds. The first-order valence-corrected chi connectivity index (χ1v) is 12.2. The van der Waals surface area contributed by atoms with Crippen molar-refractivity contribution in [3.8, 4) is 0 Å². The van der Waals surface area contributed by atoms with Crippen LogP contribution >= 0.6 is 7.14 Å². The number of benzene rings is 4. The van der Waals surface area contributed by atoms with E-state index < -0.39 is 13.2 Å². The summed E-state index contributed by atoms with van der Waals surface area (Å²) in [4.78, 5) is 13.0. The molecule has 0 aliphatic heterocycles. The molecule has 0 bridgehead atoms. The summed E-state index contributed by atoms with van der Waals surface area (Å²) in [6.07, 6.45) is 0.295. The summed E-state index contributed by atoms with van der Waals surface area (Å²) in [5.41, 5.74) is 1.51. The molecule has 3 nitrogen and oxygen atoms in total. The first-order valence-electron chi connectivity index (χ1n) is 10.3. The lowest BCUT2D eigenvalue weighted by molar-refractivity contribution is 0.0940. The topological polar surface area (TPSA) is 46.2 Å². The lowest BCUT2D eigenvalue weighted by atomic mass is 10.1. The molecule has 154 valence electrons. The number of carbonyl (C=O) groups is 1. The van der Waals surface area contributed by atoms with E-state index in [1.165, 1.54) is 0 Å². The molecule has 0 saturated carbocycles. The second-order valence-electron chi connectivity index (χ2n) is 7.40. The molecule has 0 fully saturated rings. The molecule has 1 N–H and O–H groups in total. The maximum atomic E-state index is 14.6. The van der Waals surface area contributed by atoms with Crippen LogP contribution in [0, 0.1) is 0 Å². The number of hydrogen-bond acceptors (Lipinski definition) is 2. The second-order valence-corrected chi connectivity index (χ2v) is 10.3. The predicted octanol–water partition coefficient (Wildman–Crippen LogP) is 5.17. The van der Waals surface area contributed by atoms with Crippen molar-refractivity contribution in [1.29, 1.82) is 0 Å². The zero-order valence-electron chi connectivity index (χ0n) is 17.1. The highest BCUT2D eigenvalue weighted by Crippen LogP contribution is 2.46. The number of rotatable bonds is 7. The predicted molar refractivity (Wildman–Crippen MR) is 128 cm³/mol. The Bertz CT molecular complexity index is 1120. The molecular weight excluding hydrogens is 401 g/mol. The average Bonchev–Trinajstić information content (AvgIpc) is 2.85. The molecule has 0 radical (unpaired) electrons. The van der Waals surface area contributed by atoms with Gasteiger partial charge in [0.05, 0.1) is 6.04 Å². The Kier molecular flexibility index (Phi) is 6.45. The van der Waals surface area contributed by atoms with Gasteiger partial charge in [-0.05, 0) is 17.7 Å². The lowest BCUT2D eigenvalue weighted by Crippen LogP contribution is -2.33. The van der Waals surface area contributed by atoms with Crippen molar-refractivity contribution in [3.63, 3.8) is 0 Å². The maximum absolute atomic E-state index is 14.6. The summed E-state index contributed by atoms with van der Waals surface area (Å²) in [5, 5.41) is 4.71. The SMILES string of the molecule is O=C(NC(CP(=O)(c1ccccc1)c1ccccc1)c1ccccc1)c1ccccc1. The summed E-state index contributed by atoms with van der Waals surface area (Å²) >= 11 is 0. The van der Waals surface area contributed by atoms with E-state index >= 15 is 0 Å². The van der Waals surface area contributed by atoms with Crippen LogP contribution in [0.1, 0.15) is 22.0 Å². The molecule has 0 aromatic heterocycles. The van der Waals surface area contributed by atoms with Crippen molar-refractivity contribution in [2.45, 2.75) is 6.04 Å². The zero-order valence-corrected chi connectivity index (χ0v) is 18.0. The van der Waals surface area contributed by atoms with E-state index in [0.717, 1.165) is 16.2 Å². The van der Waals surface area contributed by atoms with Gasteiger partial charge in [-0.3, -0.25) is 4.79 Å². The van der Waals surface area contributed by atoms with Crippen molar-refractivity contribution in [3.05, 3.63) is 132 Å². The van der Waals surface area contributed by atoms with E-state index in [4.69, 9.17) is 0 Å². The van der Waals surface area contributed by atoms with Crippen LogP contribution in [-0.2, 0) is 4.57 Å². The molecule has 0 spiro atoms. The molecular formula is C27H24NO2P. The van der Waals surface area contributed by atoms with E-state index in [1.54, 1.807) is 12.1 Å². The maximum Gasteiger partial charge on any atom is 0.251 e. The molecule has 0 heterocycles. The fourth-order valence-electron chi connectivity index (χ4n) is 3.71. The minimum absolute atomic E-state index is 0.179. The summed E-state index contributed by atoms with van der Waals surface area (Å²) < 4.78 is 14.6. The van der Waals surface area contributed by atoms with Crippen molar-refractivity contribution in [2.75, 3.05) is 6.16 Å². The molecule has 4 rings (SSSR count). The van der Waals surface area contributed by atoms with Crippen LogP contribution in [-0.4, -0.2) is 12.1 Å². The fourth-order valence-corrected chi connectivity index (χ4v) is 6.55. The van der Waals surface area contributed by atoms with Gasteiger partial charge in [0.1, 0.15) is 7.14 Å². The molecule has 1 unspecified atom stereocenters. The van der Waals surface area contributed by atoms with Crippen LogP contribution in [0.5, 0.6) is 0 Å². The molecule has 0 aliphatic carbocycles. The van der Waals surface area contributed by atoms with Crippen LogP contribution < -0.4 is 15.9 Å². The normalized spacial score (nSPS) is 12.1. The smallest absolute Gasteiger partial charge is 0.251 e. The average molecular weight is 425 g/mol. The highest BCUT2D eigenvalue weighted by Gasteiger charge is 2.32. The molecule has 4 heteroatoms. The molecule has 4 aromatic rings. The van der Waals surface area contributed by atoms with Gasteiger partial charge in [-0.15, -0.1) is 0 Å². The zero-order chi connectivity index (χ0) is 21.5. The van der Waals surface area contributed by atoms with Gasteiger partial charge in [0.2, 0.25) is 0 Å². The van der Waals surface area contributed by atoms with Gasteiger partial charge in [0.25, 0.3) is 5.91 Å². The minimum atomic E-state index is -3.01. The Morgan fingerprint density at radius 1 is 0.645 bits per heavy atom. The Morgan fingerprint density at radius 2 is 1.06 bits per heavy atom. The van der Waals surface area contributed by atoms with Crippen LogP contribution in [0.3, 0.4) is 0 Å². The van der Waals surface area contributed by atoms with Crippen LogP contribution in [0.2, 0.25) is 0 Å². The Hall–Kier alpha value is -3.42. The van der Waals surface area contributed by atoms with E-state index in [9.17, 15) is 9.36 Å². The van der Waals surface area contributed by atoms with Crippen molar-refractivity contribution in [1.82, 2.24) is 5.32 Å². The van der Waals surface area contributed by atoms with Gasteiger partial charge in [-0.2, -0.15) is 0 Å². The monoisotopic (exact) mass is 425 g/mol. The quantitative estimate of drug-likeness (QED) is 0.415. The van der Waals surface area contributed by atoms with E-state index in [2.05, 4.69) is 5.32 Å². The Morgan fingerprint density at radius 3 is 1.55 bits per heavy atom. The second kappa shape index (κ2) is 9.59. The van der Waals surface area contributed by atoms with Gasteiger partial charge >= 0.3 is 0 Å². The third-order valence-corrected chi connectivity index (χ3v) is 8.47. The van der Waals surface area contributed by atoms with Gasteiger partial charge in [-0.1, -0.05) is 109 Å². The third-order valence-electron chi connectivity index (χ3n) is 5.33. The minimum Gasteiger partial charge on any atom is -0.345 e. The van der Waals surface area contributed by atoms with E-state index in [0.29, 0.717) is 11.7 Å². The van der Waals surface area contributed by atoms with Crippen molar-refractivity contribution in [2.24, 2.45) is 0 Å². The Balaban J connectivity index is 1.75. The van der Waals surface area contributed by atoms with Crippen molar-refractivity contribution < 1.29 is 9.36 Å². The first kappa shape index (κ1) is 20.8. The highest BCUT2D eigenvalue weighted by atomic mass is 31.2. The molecule has 0 saturated heterocycles. The van der Waals surface area contributed by atoms with Gasteiger partial charge in [0.15, 0.2) is 0 Å². The van der Waals surface area contributed by atoms with E-state index in [-0.39, 0.29) is 5.91 Å². The number of hydrogen-bond donors (Lipinski definition) is 1. The molecule has 1 atom stereocenters. The van der Waals surface area contributed by atoms with Crippen molar-refractivity contribution >= 4 is 23.7 Å². The molecule has 4 aromatic carbocycles. The summed E-state index contributed by atoms with van der Waals surface area (Å²) in [6, 6.07) is 37.6. The fraction of sp³-hybridized carbons (Fsp3) is 0.0741. The van der Waals surface area contributed by atoms with Gasteiger partial charge in [0, 0.05) is 22.3 Å². The van der Waals surface area contributed by atoms with E-state index in [1.807, 2.05) is 109 Å². The Labute approximate surface area is 183 Å². The largest absolute Gasteiger partial charge is 0.345 e. The number of carbonyl (C=O) groups excluding carboxylic acids is 1. The molecule has 0 aliphatic rings.